The van der Waals surface area contributed by atoms with E-state index in [1.807, 2.05) is 0 Å². The Hall–Kier alpha value is -3.16. The van der Waals surface area contributed by atoms with Crippen molar-refractivity contribution in [3.8, 4) is 0 Å². The summed E-state index contributed by atoms with van der Waals surface area (Å²) < 4.78 is 20.0. The number of hydrogen-bond acceptors (Lipinski definition) is 4. The lowest BCUT2D eigenvalue weighted by molar-refractivity contribution is 0.0665. The average molecular weight is 318 g/mol. The maximum atomic E-state index is 12.9. The molecule has 0 aliphatic heterocycles. The minimum absolute atomic E-state index is 0.0785. The van der Waals surface area contributed by atoms with Gasteiger partial charge in [0.15, 0.2) is 0 Å². The lowest BCUT2D eigenvalue weighted by Gasteiger charge is -2.07. The molecule has 0 bridgehead atoms. The molecule has 1 N–H and O–H groups in total. The van der Waals surface area contributed by atoms with Crippen LogP contribution in [0.1, 0.15) is 16.1 Å². The van der Waals surface area contributed by atoms with E-state index in [0.717, 1.165) is 15.2 Å². The summed E-state index contributed by atoms with van der Waals surface area (Å²) in [5, 5.41) is 8.94. The molecule has 0 aliphatic carbocycles. The van der Waals surface area contributed by atoms with Gasteiger partial charge in [-0.2, -0.15) is 0 Å². The highest BCUT2D eigenvalue weighted by Crippen LogP contribution is 2.14. The molecule has 1 aromatic carbocycles. The van der Waals surface area contributed by atoms with E-state index in [1.165, 1.54) is 31.3 Å². The average Bonchev–Trinajstić information content (AvgIpc) is 2.97. The topological polar surface area (TPSA) is 94.4 Å². The Morgan fingerprint density at radius 1 is 1.26 bits per heavy atom. The van der Waals surface area contributed by atoms with Gasteiger partial charge in [0.2, 0.25) is 11.3 Å². The predicted octanol–water partition coefficient (Wildman–Crippen LogP) is 1.18. The maximum absolute atomic E-state index is 12.9. The first-order valence-corrected chi connectivity index (χ1v) is 6.59. The molecule has 0 spiro atoms. The number of aryl methyl sites for hydroxylation is 1. The number of rotatable bonds is 3. The molecule has 0 aliphatic rings. The number of halogens is 1. The van der Waals surface area contributed by atoms with Gasteiger partial charge in [-0.15, -0.1) is 0 Å². The van der Waals surface area contributed by atoms with Gasteiger partial charge in [-0.3, -0.25) is 13.9 Å². The number of carbonyl (C=O) groups is 1. The number of hydrogen-bond donors (Lipinski definition) is 1. The van der Waals surface area contributed by atoms with Crippen molar-refractivity contribution < 1.29 is 18.7 Å². The zero-order chi connectivity index (χ0) is 16.7. The van der Waals surface area contributed by atoms with Gasteiger partial charge in [-0.1, -0.05) is 12.1 Å². The van der Waals surface area contributed by atoms with Crippen molar-refractivity contribution in [3.05, 3.63) is 68.3 Å². The minimum Gasteiger partial charge on any atom is -0.475 e. The normalized spacial score (nSPS) is 11.0. The van der Waals surface area contributed by atoms with Crippen molar-refractivity contribution in [3.63, 3.8) is 0 Å². The van der Waals surface area contributed by atoms with Crippen LogP contribution in [-0.4, -0.2) is 20.2 Å². The molecule has 2 aromatic heterocycles. The summed E-state index contributed by atoms with van der Waals surface area (Å²) >= 11 is 0. The van der Waals surface area contributed by atoms with Crippen LogP contribution >= 0.6 is 0 Å². The Morgan fingerprint density at radius 3 is 2.52 bits per heavy atom. The summed E-state index contributed by atoms with van der Waals surface area (Å²) in [6.07, 6.45) is 0. The summed E-state index contributed by atoms with van der Waals surface area (Å²) in [7, 11) is 1.41. The first-order valence-electron chi connectivity index (χ1n) is 6.59. The first-order chi connectivity index (χ1) is 10.9. The number of carboxylic acid groups (broad SMARTS) is 1. The van der Waals surface area contributed by atoms with E-state index in [1.54, 1.807) is 0 Å². The van der Waals surface area contributed by atoms with Gasteiger partial charge in [0.05, 0.1) is 12.1 Å². The molecule has 0 amide bonds. The SMILES string of the molecule is Cn1c(=O)n(Cc2ccc(F)cc2)c(=O)c2oc(C(=O)O)cc21. The van der Waals surface area contributed by atoms with E-state index in [9.17, 15) is 18.8 Å². The number of nitrogens with zero attached hydrogens (tertiary/aromatic N) is 2. The van der Waals surface area contributed by atoms with Crippen molar-refractivity contribution in [2.45, 2.75) is 6.54 Å². The standard InChI is InChI=1S/C15H11FN2O5/c1-17-10-6-11(14(20)21)23-12(10)13(19)18(15(17)22)7-8-2-4-9(16)5-3-8/h2-6H,7H2,1H3,(H,20,21). The smallest absolute Gasteiger partial charge is 0.371 e. The molecule has 2 heterocycles. The Labute approximate surface area is 127 Å². The van der Waals surface area contributed by atoms with Crippen molar-refractivity contribution in [1.29, 1.82) is 0 Å². The molecule has 3 rings (SSSR count). The van der Waals surface area contributed by atoms with Crippen LogP contribution in [0.5, 0.6) is 0 Å². The zero-order valence-corrected chi connectivity index (χ0v) is 11.9. The van der Waals surface area contributed by atoms with Crippen molar-refractivity contribution in [2.75, 3.05) is 0 Å². The molecule has 8 heteroatoms. The predicted molar refractivity (Wildman–Crippen MR) is 78.2 cm³/mol. The van der Waals surface area contributed by atoms with E-state index in [-0.39, 0.29) is 17.6 Å². The zero-order valence-electron chi connectivity index (χ0n) is 11.9. The Kier molecular flexibility index (Phi) is 3.36. The van der Waals surface area contributed by atoms with Crippen LogP contribution in [0, 0.1) is 5.82 Å². The van der Waals surface area contributed by atoms with Gasteiger partial charge in [0, 0.05) is 13.1 Å². The second kappa shape index (κ2) is 5.24. The molecule has 118 valence electrons. The van der Waals surface area contributed by atoms with Gasteiger partial charge in [-0.05, 0) is 17.7 Å². The van der Waals surface area contributed by atoms with Crippen molar-refractivity contribution in [1.82, 2.24) is 9.13 Å². The summed E-state index contributed by atoms with van der Waals surface area (Å²) in [5.74, 6) is -2.19. The first kappa shape index (κ1) is 14.8. The lowest BCUT2D eigenvalue weighted by atomic mass is 10.2. The van der Waals surface area contributed by atoms with Crippen LogP contribution in [0.2, 0.25) is 0 Å². The van der Waals surface area contributed by atoms with Gasteiger partial charge in [-0.25, -0.2) is 14.0 Å². The molecular weight excluding hydrogens is 307 g/mol. The van der Waals surface area contributed by atoms with Crippen LogP contribution in [0.25, 0.3) is 11.1 Å². The highest BCUT2D eigenvalue weighted by Gasteiger charge is 2.19. The van der Waals surface area contributed by atoms with Crippen molar-refractivity contribution in [2.24, 2.45) is 7.05 Å². The van der Waals surface area contributed by atoms with Gasteiger partial charge >= 0.3 is 11.7 Å². The summed E-state index contributed by atoms with van der Waals surface area (Å²) in [5.41, 5.74) is -0.918. The number of benzene rings is 1. The van der Waals surface area contributed by atoms with Crippen LogP contribution in [0.15, 0.2) is 44.3 Å². The number of carboxylic acids is 1. The highest BCUT2D eigenvalue weighted by molar-refractivity contribution is 5.89. The van der Waals surface area contributed by atoms with E-state index >= 15 is 0 Å². The minimum atomic E-state index is -1.34. The molecule has 0 fully saturated rings. The fraction of sp³-hybridized carbons (Fsp3) is 0.133. The van der Waals surface area contributed by atoms with Crippen LogP contribution < -0.4 is 11.2 Å². The molecule has 0 saturated heterocycles. The Morgan fingerprint density at radius 2 is 1.91 bits per heavy atom. The second-order valence-corrected chi connectivity index (χ2v) is 4.99. The fourth-order valence-corrected chi connectivity index (χ4v) is 2.29. The molecule has 0 saturated carbocycles. The Balaban J connectivity index is 2.21. The number of furan rings is 1. The molecule has 23 heavy (non-hydrogen) atoms. The summed E-state index contributed by atoms with van der Waals surface area (Å²) in [6.45, 7) is -0.0785. The molecular formula is C15H11FN2O5. The lowest BCUT2D eigenvalue weighted by Crippen LogP contribution is -2.38. The largest absolute Gasteiger partial charge is 0.475 e. The van der Waals surface area contributed by atoms with Crippen LogP contribution in [0.3, 0.4) is 0 Å². The van der Waals surface area contributed by atoms with Gasteiger partial charge < -0.3 is 9.52 Å². The maximum Gasteiger partial charge on any atom is 0.371 e. The third-order valence-electron chi connectivity index (χ3n) is 3.50. The quantitative estimate of drug-likeness (QED) is 0.782. The van der Waals surface area contributed by atoms with Crippen molar-refractivity contribution >= 4 is 17.1 Å². The monoisotopic (exact) mass is 318 g/mol. The third kappa shape index (κ3) is 2.44. The van der Waals surface area contributed by atoms with E-state index in [4.69, 9.17) is 9.52 Å². The highest BCUT2D eigenvalue weighted by atomic mass is 19.1. The third-order valence-corrected chi connectivity index (χ3v) is 3.50. The Bertz CT molecular complexity index is 1030. The van der Waals surface area contributed by atoms with Crippen LogP contribution in [-0.2, 0) is 13.6 Å². The number of fused-ring (bicyclic) bond motifs is 1. The number of aromatic nitrogens is 2. The second-order valence-electron chi connectivity index (χ2n) is 4.99. The number of aromatic carboxylic acids is 1. The summed E-state index contributed by atoms with van der Waals surface area (Å²) in [6, 6.07) is 6.48. The van der Waals surface area contributed by atoms with E-state index in [0.29, 0.717) is 5.56 Å². The molecule has 7 nitrogen and oxygen atoms in total. The van der Waals surface area contributed by atoms with E-state index in [2.05, 4.69) is 0 Å². The van der Waals surface area contributed by atoms with Gasteiger partial charge in [0.1, 0.15) is 5.82 Å². The molecule has 0 atom stereocenters. The molecule has 3 aromatic rings. The molecule has 0 unspecified atom stereocenters. The fourth-order valence-electron chi connectivity index (χ4n) is 2.29. The van der Waals surface area contributed by atoms with E-state index < -0.39 is 28.8 Å². The summed E-state index contributed by atoms with van der Waals surface area (Å²) in [4.78, 5) is 35.7. The van der Waals surface area contributed by atoms with Crippen LogP contribution in [0.4, 0.5) is 4.39 Å². The molecule has 0 radical (unpaired) electrons. The van der Waals surface area contributed by atoms with Gasteiger partial charge in [0.25, 0.3) is 5.56 Å².